The van der Waals surface area contributed by atoms with E-state index in [1.165, 1.54) is 0 Å². The second kappa shape index (κ2) is 2.67. The highest BCUT2D eigenvalue weighted by Gasteiger charge is 2.69. The standard InChI is InChI=1S/C11H23S/c1-10(2,3)8-9(12(8)7)11(4,5)6/h8-9H,1-7H3/q+1/t8-,9+,12?. The Morgan fingerprint density at radius 3 is 1.08 bits per heavy atom. The maximum Gasteiger partial charge on any atom is 0.170 e. The van der Waals surface area contributed by atoms with Crippen LogP contribution in [0.1, 0.15) is 41.5 Å². The summed E-state index contributed by atoms with van der Waals surface area (Å²) in [5, 5.41) is 1.94. The molecule has 0 N–H and O–H groups in total. The molecule has 0 aromatic carbocycles. The van der Waals surface area contributed by atoms with Crippen molar-refractivity contribution in [2.45, 2.75) is 52.0 Å². The molecule has 1 saturated heterocycles. The van der Waals surface area contributed by atoms with Crippen LogP contribution < -0.4 is 0 Å². The van der Waals surface area contributed by atoms with Gasteiger partial charge in [-0.05, 0) is 0 Å². The quantitative estimate of drug-likeness (QED) is 0.404. The van der Waals surface area contributed by atoms with E-state index >= 15 is 0 Å². The average Bonchev–Trinajstić information content (AvgIpc) is 2.35. The highest BCUT2D eigenvalue weighted by molar-refractivity contribution is 8.04. The van der Waals surface area contributed by atoms with Gasteiger partial charge in [-0.25, -0.2) is 0 Å². The van der Waals surface area contributed by atoms with E-state index in [0.717, 1.165) is 10.5 Å². The number of rotatable bonds is 0. The molecule has 1 unspecified atom stereocenters. The zero-order chi connectivity index (χ0) is 9.73. The molecular formula is C11H23S+. The summed E-state index contributed by atoms with van der Waals surface area (Å²) in [6, 6.07) is 0. The van der Waals surface area contributed by atoms with Gasteiger partial charge in [0.1, 0.15) is 0 Å². The van der Waals surface area contributed by atoms with Gasteiger partial charge in [-0.1, -0.05) is 41.5 Å². The lowest BCUT2D eigenvalue weighted by molar-refractivity contribution is 0.335. The van der Waals surface area contributed by atoms with Crippen molar-refractivity contribution in [1.82, 2.24) is 0 Å². The van der Waals surface area contributed by atoms with Gasteiger partial charge in [0.15, 0.2) is 10.5 Å². The molecule has 0 nitrogen and oxygen atoms in total. The van der Waals surface area contributed by atoms with E-state index in [2.05, 4.69) is 47.8 Å². The first-order valence-electron chi connectivity index (χ1n) is 4.79. The van der Waals surface area contributed by atoms with Crippen LogP contribution in [-0.2, 0) is 10.9 Å². The van der Waals surface area contributed by atoms with E-state index in [-0.39, 0.29) is 0 Å². The summed E-state index contributed by atoms with van der Waals surface area (Å²) < 4.78 is 0. The molecule has 1 fully saturated rings. The predicted octanol–water partition coefficient (Wildman–Crippen LogP) is 3.08. The van der Waals surface area contributed by atoms with E-state index in [1.54, 1.807) is 0 Å². The van der Waals surface area contributed by atoms with E-state index in [9.17, 15) is 0 Å². The van der Waals surface area contributed by atoms with Gasteiger partial charge in [-0.15, -0.1) is 0 Å². The third-order valence-electron chi connectivity index (χ3n) is 2.71. The zero-order valence-corrected chi connectivity index (χ0v) is 10.4. The molecule has 72 valence electrons. The van der Waals surface area contributed by atoms with Crippen LogP contribution in [0.15, 0.2) is 0 Å². The summed E-state index contributed by atoms with van der Waals surface area (Å²) in [6.45, 7) is 14.3. The first kappa shape index (κ1) is 10.4. The smallest absolute Gasteiger partial charge is 0.0552 e. The fourth-order valence-electron chi connectivity index (χ4n) is 2.33. The van der Waals surface area contributed by atoms with Crippen LogP contribution in [0.4, 0.5) is 0 Å². The molecule has 0 amide bonds. The summed E-state index contributed by atoms with van der Waals surface area (Å²) in [4.78, 5) is 0. The Labute approximate surface area is 80.5 Å². The first-order valence-corrected chi connectivity index (χ1v) is 6.55. The molecule has 1 heterocycles. The number of hydrogen-bond acceptors (Lipinski definition) is 0. The Hall–Kier alpha value is 0.350. The van der Waals surface area contributed by atoms with Crippen molar-refractivity contribution < 1.29 is 0 Å². The molecule has 12 heavy (non-hydrogen) atoms. The molecule has 1 aliphatic rings. The van der Waals surface area contributed by atoms with E-state index in [0.29, 0.717) is 21.7 Å². The molecule has 0 bridgehead atoms. The lowest BCUT2D eigenvalue weighted by Gasteiger charge is -2.16. The molecule has 1 heteroatoms. The molecule has 0 aromatic heterocycles. The van der Waals surface area contributed by atoms with Crippen molar-refractivity contribution in [2.24, 2.45) is 10.8 Å². The first-order chi connectivity index (χ1) is 5.15. The van der Waals surface area contributed by atoms with Crippen molar-refractivity contribution in [3.63, 3.8) is 0 Å². The van der Waals surface area contributed by atoms with Gasteiger partial charge in [0, 0.05) is 21.7 Å². The van der Waals surface area contributed by atoms with Crippen LogP contribution in [0, 0.1) is 10.8 Å². The van der Waals surface area contributed by atoms with Crippen molar-refractivity contribution in [3.05, 3.63) is 0 Å². The Morgan fingerprint density at radius 1 is 0.750 bits per heavy atom. The highest BCUT2D eigenvalue weighted by atomic mass is 32.2. The molecular weight excluding hydrogens is 164 g/mol. The van der Waals surface area contributed by atoms with Crippen LogP contribution in [0.2, 0.25) is 0 Å². The van der Waals surface area contributed by atoms with Crippen molar-refractivity contribution in [2.75, 3.05) is 6.26 Å². The summed E-state index contributed by atoms with van der Waals surface area (Å²) in [5.74, 6) is 0. The summed E-state index contributed by atoms with van der Waals surface area (Å²) in [6.07, 6.45) is 2.44. The highest BCUT2D eigenvalue weighted by Crippen LogP contribution is 2.53. The Bertz CT molecular complexity index is 150. The van der Waals surface area contributed by atoms with Gasteiger partial charge < -0.3 is 0 Å². The second-order valence-electron chi connectivity index (χ2n) is 6.18. The minimum Gasteiger partial charge on any atom is -0.0552 e. The minimum atomic E-state index is 0.524. The summed E-state index contributed by atoms with van der Waals surface area (Å²) in [5.41, 5.74) is 1.05. The van der Waals surface area contributed by atoms with E-state index in [4.69, 9.17) is 0 Å². The van der Waals surface area contributed by atoms with Crippen LogP contribution in [0.5, 0.6) is 0 Å². The number of hydrogen-bond donors (Lipinski definition) is 0. The van der Waals surface area contributed by atoms with Gasteiger partial charge in [0.05, 0.1) is 6.26 Å². The molecule has 0 aromatic rings. The monoisotopic (exact) mass is 187 g/mol. The summed E-state index contributed by atoms with van der Waals surface area (Å²) >= 11 is 0. The Morgan fingerprint density at radius 2 is 1.00 bits per heavy atom. The van der Waals surface area contributed by atoms with Crippen LogP contribution in [-0.4, -0.2) is 16.8 Å². The predicted molar refractivity (Wildman–Crippen MR) is 59.8 cm³/mol. The second-order valence-corrected chi connectivity index (χ2v) is 8.41. The van der Waals surface area contributed by atoms with Gasteiger partial charge in [0.2, 0.25) is 0 Å². The maximum atomic E-state index is 2.44. The lowest BCUT2D eigenvalue weighted by Crippen LogP contribution is -2.23. The zero-order valence-electron chi connectivity index (χ0n) is 9.56. The normalized spacial score (nSPS) is 36.8. The molecule has 3 atom stereocenters. The fourth-order valence-corrected chi connectivity index (χ4v) is 6.32. The van der Waals surface area contributed by atoms with Crippen molar-refractivity contribution in [1.29, 1.82) is 0 Å². The van der Waals surface area contributed by atoms with E-state index < -0.39 is 0 Å². The topological polar surface area (TPSA) is 0 Å². The SMILES string of the molecule is C[S+]1[C@H](C(C)(C)C)[C@@H]1C(C)(C)C. The third-order valence-corrected chi connectivity index (χ3v) is 5.95. The lowest BCUT2D eigenvalue weighted by atomic mass is 9.81. The van der Waals surface area contributed by atoms with Crippen LogP contribution in [0.3, 0.4) is 0 Å². The minimum absolute atomic E-state index is 0.524. The molecule has 0 aliphatic carbocycles. The van der Waals surface area contributed by atoms with Crippen molar-refractivity contribution >= 4 is 10.9 Å². The Balaban J connectivity index is 2.67. The van der Waals surface area contributed by atoms with Crippen LogP contribution in [0.25, 0.3) is 0 Å². The van der Waals surface area contributed by atoms with Gasteiger partial charge in [-0.2, -0.15) is 0 Å². The summed E-state index contributed by atoms with van der Waals surface area (Å²) in [7, 11) is 0.674. The molecule has 0 radical (unpaired) electrons. The maximum absolute atomic E-state index is 2.44. The fraction of sp³-hybridized carbons (Fsp3) is 1.00. The Kier molecular flexibility index (Phi) is 2.32. The third kappa shape index (κ3) is 1.81. The van der Waals surface area contributed by atoms with Crippen molar-refractivity contribution in [3.8, 4) is 0 Å². The van der Waals surface area contributed by atoms with Crippen LogP contribution >= 0.6 is 0 Å². The average molecular weight is 187 g/mol. The molecule has 0 saturated carbocycles. The van der Waals surface area contributed by atoms with Gasteiger partial charge in [0.25, 0.3) is 0 Å². The van der Waals surface area contributed by atoms with Gasteiger partial charge in [-0.3, -0.25) is 0 Å². The van der Waals surface area contributed by atoms with Gasteiger partial charge >= 0.3 is 0 Å². The largest absolute Gasteiger partial charge is 0.170 e. The van der Waals surface area contributed by atoms with E-state index in [1.807, 2.05) is 0 Å². The molecule has 0 spiro atoms. The molecule has 1 aliphatic heterocycles. The molecule has 1 rings (SSSR count).